The van der Waals surface area contributed by atoms with E-state index in [2.05, 4.69) is 30.2 Å². The minimum atomic E-state index is 0.586. The van der Waals surface area contributed by atoms with Crippen LogP contribution in [0.1, 0.15) is 51.5 Å². The van der Waals surface area contributed by atoms with Gasteiger partial charge in [-0.2, -0.15) is 0 Å². The zero-order valence-electron chi connectivity index (χ0n) is 13.8. The molecule has 1 saturated carbocycles. The molecule has 1 aliphatic carbocycles. The summed E-state index contributed by atoms with van der Waals surface area (Å²) in [5, 5.41) is 3.78. The number of nitrogens with one attached hydrogen (secondary N) is 1. The van der Waals surface area contributed by atoms with Crippen LogP contribution in [0, 0.1) is 11.8 Å². The van der Waals surface area contributed by atoms with Gasteiger partial charge in [0.15, 0.2) is 0 Å². The van der Waals surface area contributed by atoms with Gasteiger partial charge in [0.25, 0.3) is 0 Å². The van der Waals surface area contributed by atoms with Gasteiger partial charge in [0.1, 0.15) is 0 Å². The number of rotatable bonds is 7. The lowest BCUT2D eigenvalue weighted by Crippen LogP contribution is -2.40. The molecule has 3 nitrogen and oxygen atoms in total. The molecule has 1 N–H and O–H groups in total. The first-order valence-electron chi connectivity index (χ1n) is 8.45. The lowest BCUT2D eigenvalue weighted by molar-refractivity contribution is 0.221. The topological polar surface area (TPSA) is 34.1 Å². The first-order valence-corrected chi connectivity index (χ1v) is 8.45. The molecule has 0 aliphatic heterocycles. The number of aromatic nitrogens is 1. The number of hydrogen-bond acceptors (Lipinski definition) is 3. The molecule has 0 saturated heterocycles. The highest BCUT2D eigenvalue weighted by molar-refractivity contribution is 5.18. The summed E-state index contributed by atoms with van der Waals surface area (Å²) in [6.45, 7) is 5.75. The van der Waals surface area contributed by atoms with Crippen LogP contribution in [0.5, 0.6) is 5.88 Å². The molecule has 0 radical (unpaired) electrons. The van der Waals surface area contributed by atoms with Gasteiger partial charge in [-0.15, -0.1) is 0 Å². The van der Waals surface area contributed by atoms with E-state index in [9.17, 15) is 0 Å². The Bertz CT molecular complexity index is 404. The summed E-state index contributed by atoms with van der Waals surface area (Å²) in [7, 11) is 1.66. The molecule has 3 heteroatoms. The fourth-order valence-electron chi connectivity index (χ4n) is 3.49. The van der Waals surface area contributed by atoms with E-state index in [0.717, 1.165) is 24.8 Å². The number of hydrogen-bond donors (Lipinski definition) is 1. The molecule has 3 atom stereocenters. The molecule has 0 aromatic carbocycles. The highest BCUT2D eigenvalue weighted by Gasteiger charge is 2.26. The van der Waals surface area contributed by atoms with Gasteiger partial charge in [-0.3, -0.25) is 0 Å². The third-order valence-corrected chi connectivity index (χ3v) is 4.66. The van der Waals surface area contributed by atoms with E-state index >= 15 is 0 Å². The lowest BCUT2D eigenvalue weighted by atomic mass is 9.77. The molecule has 21 heavy (non-hydrogen) atoms. The Labute approximate surface area is 129 Å². The van der Waals surface area contributed by atoms with E-state index in [1.165, 1.54) is 37.7 Å². The van der Waals surface area contributed by atoms with Gasteiger partial charge in [-0.25, -0.2) is 4.98 Å². The van der Waals surface area contributed by atoms with Crippen molar-refractivity contribution in [2.75, 3.05) is 13.7 Å². The minimum absolute atomic E-state index is 0.586. The molecule has 1 fully saturated rings. The van der Waals surface area contributed by atoms with Gasteiger partial charge in [-0.05, 0) is 49.6 Å². The maximum absolute atomic E-state index is 5.14. The molecule has 1 aliphatic rings. The standard InChI is InChI=1S/C18H30N2O/c1-4-10-19-17(16-7-5-6-14(2)11-16)12-15-8-9-18(21-3)20-13-15/h8-9,13-14,16-17,19H,4-7,10-12H2,1-3H3. The Balaban J connectivity index is 2.00. The van der Waals surface area contributed by atoms with Crippen molar-refractivity contribution in [2.24, 2.45) is 11.8 Å². The molecule has 2 rings (SSSR count). The van der Waals surface area contributed by atoms with Gasteiger partial charge in [0.05, 0.1) is 7.11 Å². The Kier molecular flexibility index (Phi) is 6.50. The maximum atomic E-state index is 5.14. The fourth-order valence-corrected chi connectivity index (χ4v) is 3.49. The summed E-state index contributed by atoms with van der Waals surface area (Å²) in [4.78, 5) is 4.34. The van der Waals surface area contributed by atoms with E-state index in [-0.39, 0.29) is 0 Å². The van der Waals surface area contributed by atoms with Gasteiger partial charge in [-0.1, -0.05) is 32.8 Å². The molecule has 118 valence electrons. The molecular formula is C18H30N2O. The number of ether oxygens (including phenoxy) is 1. The average Bonchev–Trinajstić information content (AvgIpc) is 2.52. The summed E-state index contributed by atoms with van der Waals surface area (Å²) in [6, 6.07) is 4.71. The van der Waals surface area contributed by atoms with Crippen molar-refractivity contribution in [3.63, 3.8) is 0 Å². The molecule has 1 aromatic heterocycles. The molecular weight excluding hydrogens is 260 g/mol. The average molecular weight is 290 g/mol. The van der Waals surface area contributed by atoms with Crippen LogP contribution < -0.4 is 10.1 Å². The molecule has 3 unspecified atom stereocenters. The van der Waals surface area contributed by atoms with Crippen LogP contribution in [0.4, 0.5) is 0 Å². The normalized spacial score (nSPS) is 23.8. The Morgan fingerprint density at radius 1 is 1.38 bits per heavy atom. The summed E-state index contributed by atoms with van der Waals surface area (Å²) < 4.78 is 5.14. The van der Waals surface area contributed by atoms with E-state index in [1.807, 2.05) is 12.3 Å². The van der Waals surface area contributed by atoms with Crippen molar-refractivity contribution < 1.29 is 4.74 Å². The second kappa shape index (κ2) is 8.38. The quantitative estimate of drug-likeness (QED) is 0.828. The van der Waals surface area contributed by atoms with Crippen LogP contribution in [0.25, 0.3) is 0 Å². The monoisotopic (exact) mass is 290 g/mol. The van der Waals surface area contributed by atoms with Gasteiger partial charge < -0.3 is 10.1 Å². The van der Waals surface area contributed by atoms with E-state index in [1.54, 1.807) is 7.11 Å². The van der Waals surface area contributed by atoms with Crippen LogP contribution in [-0.4, -0.2) is 24.7 Å². The highest BCUT2D eigenvalue weighted by atomic mass is 16.5. The summed E-state index contributed by atoms with van der Waals surface area (Å²) >= 11 is 0. The Morgan fingerprint density at radius 2 is 2.24 bits per heavy atom. The van der Waals surface area contributed by atoms with Crippen molar-refractivity contribution >= 4 is 0 Å². The Morgan fingerprint density at radius 3 is 2.86 bits per heavy atom. The second-order valence-corrected chi connectivity index (χ2v) is 6.51. The van der Waals surface area contributed by atoms with E-state index < -0.39 is 0 Å². The van der Waals surface area contributed by atoms with E-state index in [0.29, 0.717) is 11.9 Å². The van der Waals surface area contributed by atoms with Gasteiger partial charge >= 0.3 is 0 Å². The molecule has 0 spiro atoms. The third kappa shape index (κ3) is 4.99. The van der Waals surface area contributed by atoms with Crippen molar-refractivity contribution in [3.8, 4) is 5.88 Å². The predicted molar refractivity (Wildman–Crippen MR) is 87.7 cm³/mol. The Hall–Kier alpha value is -1.09. The van der Waals surface area contributed by atoms with Crippen molar-refractivity contribution in [2.45, 2.75) is 58.4 Å². The minimum Gasteiger partial charge on any atom is -0.481 e. The van der Waals surface area contributed by atoms with Crippen LogP contribution in [-0.2, 0) is 6.42 Å². The van der Waals surface area contributed by atoms with Gasteiger partial charge in [0, 0.05) is 18.3 Å². The van der Waals surface area contributed by atoms with Crippen LogP contribution in [0.3, 0.4) is 0 Å². The maximum Gasteiger partial charge on any atom is 0.212 e. The highest BCUT2D eigenvalue weighted by Crippen LogP contribution is 2.32. The SMILES string of the molecule is CCCNC(Cc1ccc(OC)nc1)C1CCCC(C)C1. The summed E-state index contributed by atoms with van der Waals surface area (Å²) in [5.41, 5.74) is 1.31. The van der Waals surface area contributed by atoms with Crippen molar-refractivity contribution in [1.29, 1.82) is 0 Å². The second-order valence-electron chi connectivity index (χ2n) is 6.51. The summed E-state index contributed by atoms with van der Waals surface area (Å²) in [5.74, 6) is 2.38. The summed E-state index contributed by atoms with van der Waals surface area (Å²) in [6.07, 6.45) is 9.76. The molecule has 0 amide bonds. The molecule has 0 bridgehead atoms. The fraction of sp³-hybridized carbons (Fsp3) is 0.722. The van der Waals surface area contributed by atoms with Crippen molar-refractivity contribution in [1.82, 2.24) is 10.3 Å². The first-order chi connectivity index (χ1) is 10.2. The zero-order chi connectivity index (χ0) is 15.1. The third-order valence-electron chi connectivity index (χ3n) is 4.66. The van der Waals surface area contributed by atoms with Crippen LogP contribution in [0.2, 0.25) is 0 Å². The van der Waals surface area contributed by atoms with E-state index in [4.69, 9.17) is 4.74 Å². The zero-order valence-corrected chi connectivity index (χ0v) is 13.8. The first kappa shape index (κ1) is 16.3. The van der Waals surface area contributed by atoms with Crippen LogP contribution >= 0.6 is 0 Å². The smallest absolute Gasteiger partial charge is 0.212 e. The van der Waals surface area contributed by atoms with Crippen molar-refractivity contribution in [3.05, 3.63) is 23.9 Å². The van der Waals surface area contributed by atoms with Gasteiger partial charge in [0.2, 0.25) is 5.88 Å². The number of pyridine rings is 1. The number of nitrogens with zero attached hydrogens (tertiary/aromatic N) is 1. The number of methoxy groups -OCH3 is 1. The largest absolute Gasteiger partial charge is 0.481 e. The molecule has 1 aromatic rings. The lowest BCUT2D eigenvalue weighted by Gasteiger charge is -2.34. The predicted octanol–water partition coefficient (Wildman–Crippen LogP) is 3.83. The van der Waals surface area contributed by atoms with Crippen LogP contribution in [0.15, 0.2) is 18.3 Å². The molecule has 1 heterocycles.